The Morgan fingerprint density at radius 3 is 3.10 bits per heavy atom. The molecule has 1 aliphatic heterocycles. The Morgan fingerprint density at radius 2 is 2.38 bits per heavy atom. The zero-order valence-corrected chi connectivity index (χ0v) is 12.7. The van der Waals surface area contributed by atoms with Gasteiger partial charge in [-0.3, -0.25) is 4.79 Å². The molecule has 2 unspecified atom stereocenters. The molecule has 2 rings (SSSR count). The summed E-state index contributed by atoms with van der Waals surface area (Å²) < 4.78 is 11.3. The van der Waals surface area contributed by atoms with E-state index >= 15 is 0 Å². The number of carbonyl (C=O) groups is 1. The normalized spacial score (nSPS) is 19.2. The fourth-order valence-corrected chi connectivity index (χ4v) is 2.29. The summed E-state index contributed by atoms with van der Waals surface area (Å²) in [5.74, 6) is 0.677. The summed E-state index contributed by atoms with van der Waals surface area (Å²) in [7, 11) is 1.84. The largest absolute Gasteiger partial charge is 0.491 e. The third-order valence-corrected chi connectivity index (χ3v) is 3.52. The minimum absolute atomic E-state index is 0.000580. The molecule has 0 bridgehead atoms. The number of anilines is 1. The highest BCUT2D eigenvalue weighted by molar-refractivity contribution is 5.92. The average molecular weight is 292 g/mol. The molecule has 0 aromatic heterocycles. The predicted octanol–water partition coefficient (Wildman–Crippen LogP) is 2.04. The van der Waals surface area contributed by atoms with Crippen LogP contribution in [0.15, 0.2) is 24.3 Å². The third-order valence-electron chi connectivity index (χ3n) is 3.52. The molecule has 21 heavy (non-hydrogen) atoms. The topological polar surface area (TPSA) is 59.6 Å². The molecule has 2 atom stereocenters. The molecular formula is C16H24N2O3. The van der Waals surface area contributed by atoms with Crippen LogP contribution < -0.4 is 15.4 Å². The smallest absolute Gasteiger partial charge is 0.228 e. The summed E-state index contributed by atoms with van der Waals surface area (Å²) in [6, 6.07) is 7.48. The van der Waals surface area contributed by atoms with Gasteiger partial charge in [-0.15, -0.1) is 0 Å². The number of carbonyl (C=O) groups excluding carboxylic acids is 1. The monoisotopic (exact) mass is 292 g/mol. The molecule has 5 heteroatoms. The Labute approximate surface area is 126 Å². The van der Waals surface area contributed by atoms with Crippen molar-refractivity contribution < 1.29 is 14.3 Å². The van der Waals surface area contributed by atoms with E-state index in [2.05, 4.69) is 10.6 Å². The zero-order valence-electron chi connectivity index (χ0n) is 12.7. The van der Waals surface area contributed by atoms with Gasteiger partial charge in [0.2, 0.25) is 5.91 Å². The second kappa shape index (κ2) is 8.00. The molecule has 1 amide bonds. The molecule has 0 radical (unpaired) electrons. The highest BCUT2D eigenvalue weighted by Crippen LogP contribution is 2.20. The highest BCUT2D eigenvalue weighted by Gasteiger charge is 2.16. The van der Waals surface area contributed by atoms with Crippen LogP contribution in [0.1, 0.15) is 19.8 Å². The second-order valence-electron chi connectivity index (χ2n) is 5.42. The van der Waals surface area contributed by atoms with Crippen LogP contribution in [0.3, 0.4) is 0 Å². The Bertz CT molecular complexity index is 459. The van der Waals surface area contributed by atoms with Crippen LogP contribution in [0, 0.1) is 5.92 Å². The van der Waals surface area contributed by atoms with Gasteiger partial charge in [-0.1, -0.05) is 13.0 Å². The number of rotatable bonds is 7. The number of nitrogens with one attached hydrogen (secondary N) is 2. The minimum atomic E-state index is -0.0773. The molecule has 1 aromatic rings. The fraction of sp³-hybridized carbons (Fsp3) is 0.562. The molecule has 5 nitrogen and oxygen atoms in total. The molecule has 1 aromatic carbocycles. The lowest BCUT2D eigenvalue weighted by Crippen LogP contribution is -2.28. The van der Waals surface area contributed by atoms with Gasteiger partial charge in [0.15, 0.2) is 0 Å². The number of hydrogen-bond acceptors (Lipinski definition) is 4. The van der Waals surface area contributed by atoms with Crippen molar-refractivity contribution in [1.29, 1.82) is 0 Å². The highest BCUT2D eigenvalue weighted by atomic mass is 16.5. The molecular weight excluding hydrogens is 268 g/mol. The van der Waals surface area contributed by atoms with E-state index in [1.165, 1.54) is 0 Å². The van der Waals surface area contributed by atoms with Crippen molar-refractivity contribution in [2.75, 3.05) is 32.1 Å². The van der Waals surface area contributed by atoms with Gasteiger partial charge in [0.1, 0.15) is 12.4 Å². The van der Waals surface area contributed by atoms with Crippen molar-refractivity contribution in [1.82, 2.24) is 5.32 Å². The maximum atomic E-state index is 12.0. The molecule has 1 saturated heterocycles. The molecule has 0 spiro atoms. The Kier molecular flexibility index (Phi) is 6.02. The van der Waals surface area contributed by atoms with Gasteiger partial charge in [0.05, 0.1) is 6.10 Å². The van der Waals surface area contributed by atoms with Crippen LogP contribution >= 0.6 is 0 Å². The maximum absolute atomic E-state index is 12.0. The molecule has 1 aliphatic rings. The number of benzene rings is 1. The SMILES string of the molecule is CNCC(C)C(=O)Nc1cccc(OCC2CCCO2)c1. The molecule has 1 fully saturated rings. The van der Waals surface area contributed by atoms with E-state index in [-0.39, 0.29) is 17.9 Å². The number of amides is 1. The van der Waals surface area contributed by atoms with Gasteiger partial charge in [-0.25, -0.2) is 0 Å². The molecule has 2 N–H and O–H groups in total. The second-order valence-corrected chi connectivity index (χ2v) is 5.42. The summed E-state index contributed by atoms with van der Waals surface area (Å²) in [4.78, 5) is 12.0. The van der Waals surface area contributed by atoms with E-state index in [9.17, 15) is 4.79 Å². The summed E-state index contributed by atoms with van der Waals surface area (Å²) >= 11 is 0. The van der Waals surface area contributed by atoms with Crippen LogP contribution in [-0.2, 0) is 9.53 Å². The quantitative estimate of drug-likeness (QED) is 0.807. The van der Waals surface area contributed by atoms with Crippen LogP contribution in [0.4, 0.5) is 5.69 Å². The summed E-state index contributed by atoms with van der Waals surface area (Å²) in [6.07, 6.45) is 2.35. The fourth-order valence-electron chi connectivity index (χ4n) is 2.29. The van der Waals surface area contributed by atoms with Crippen molar-refractivity contribution in [2.24, 2.45) is 5.92 Å². The third kappa shape index (κ3) is 5.02. The van der Waals surface area contributed by atoms with E-state index in [0.29, 0.717) is 13.2 Å². The van der Waals surface area contributed by atoms with E-state index in [1.54, 1.807) is 0 Å². The summed E-state index contributed by atoms with van der Waals surface area (Å²) in [5, 5.41) is 5.90. The van der Waals surface area contributed by atoms with Crippen LogP contribution in [0.25, 0.3) is 0 Å². The van der Waals surface area contributed by atoms with Gasteiger partial charge >= 0.3 is 0 Å². The standard InChI is InChI=1S/C16H24N2O3/c1-12(10-17-2)16(19)18-13-5-3-6-14(9-13)21-11-15-7-4-8-20-15/h3,5-6,9,12,15,17H,4,7-8,10-11H2,1-2H3,(H,18,19). The maximum Gasteiger partial charge on any atom is 0.228 e. The van der Waals surface area contributed by atoms with Gasteiger partial charge in [0.25, 0.3) is 0 Å². The minimum Gasteiger partial charge on any atom is -0.491 e. The van der Waals surface area contributed by atoms with E-state index in [1.807, 2.05) is 38.2 Å². The lowest BCUT2D eigenvalue weighted by atomic mass is 10.1. The summed E-state index contributed by atoms with van der Waals surface area (Å²) in [6.45, 7) is 3.94. The lowest BCUT2D eigenvalue weighted by molar-refractivity contribution is -0.119. The number of hydrogen-bond donors (Lipinski definition) is 2. The van der Waals surface area contributed by atoms with Crippen molar-refractivity contribution in [3.8, 4) is 5.75 Å². The van der Waals surface area contributed by atoms with Gasteiger partial charge < -0.3 is 20.1 Å². The van der Waals surface area contributed by atoms with Crippen molar-refractivity contribution in [2.45, 2.75) is 25.9 Å². The first-order valence-corrected chi connectivity index (χ1v) is 7.49. The summed E-state index contributed by atoms with van der Waals surface area (Å²) in [5.41, 5.74) is 0.757. The first kappa shape index (κ1) is 15.8. The van der Waals surface area contributed by atoms with Crippen LogP contribution in [0.5, 0.6) is 5.75 Å². The molecule has 0 aliphatic carbocycles. The first-order chi connectivity index (χ1) is 10.2. The molecule has 1 heterocycles. The first-order valence-electron chi connectivity index (χ1n) is 7.49. The Balaban J connectivity index is 1.86. The predicted molar refractivity (Wildman–Crippen MR) is 82.6 cm³/mol. The number of ether oxygens (including phenoxy) is 2. The lowest BCUT2D eigenvalue weighted by Gasteiger charge is -2.14. The Hall–Kier alpha value is -1.59. The van der Waals surface area contributed by atoms with Gasteiger partial charge in [-0.05, 0) is 32.0 Å². The van der Waals surface area contributed by atoms with Crippen LogP contribution in [-0.4, -0.2) is 38.8 Å². The van der Waals surface area contributed by atoms with E-state index in [0.717, 1.165) is 30.9 Å². The van der Waals surface area contributed by atoms with Gasteiger partial charge in [-0.2, -0.15) is 0 Å². The van der Waals surface area contributed by atoms with Crippen molar-refractivity contribution >= 4 is 11.6 Å². The van der Waals surface area contributed by atoms with Crippen molar-refractivity contribution in [3.05, 3.63) is 24.3 Å². The molecule has 0 saturated carbocycles. The van der Waals surface area contributed by atoms with E-state index in [4.69, 9.17) is 9.47 Å². The molecule has 116 valence electrons. The Morgan fingerprint density at radius 1 is 1.52 bits per heavy atom. The van der Waals surface area contributed by atoms with E-state index < -0.39 is 0 Å². The van der Waals surface area contributed by atoms with Crippen LogP contribution in [0.2, 0.25) is 0 Å². The zero-order chi connectivity index (χ0) is 15.1. The van der Waals surface area contributed by atoms with Crippen molar-refractivity contribution in [3.63, 3.8) is 0 Å². The van der Waals surface area contributed by atoms with Gasteiger partial charge in [0, 0.05) is 30.8 Å². The average Bonchev–Trinajstić information content (AvgIpc) is 2.99.